The van der Waals surface area contributed by atoms with E-state index in [1.165, 1.54) is 4.31 Å². The highest BCUT2D eigenvalue weighted by molar-refractivity contribution is 7.89. The predicted octanol–water partition coefficient (Wildman–Crippen LogP) is 1.16. The Hall–Kier alpha value is -1.44. The third-order valence-electron chi connectivity index (χ3n) is 4.30. The topological polar surface area (TPSA) is 83.7 Å². The molecule has 0 saturated carbocycles. The van der Waals surface area contributed by atoms with Gasteiger partial charge in [0.15, 0.2) is 0 Å². The van der Waals surface area contributed by atoms with E-state index >= 15 is 0 Å². The zero-order chi connectivity index (χ0) is 18.1. The Morgan fingerprint density at radius 1 is 1.08 bits per heavy atom. The zero-order valence-corrected chi connectivity index (χ0v) is 15.6. The number of benzene rings is 1. The van der Waals surface area contributed by atoms with Crippen molar-refractivity contribution in [3.05, 3.63) is 29.8 Å². The van der Waals surface area contributed by atoms with Crippen LogP contribution in [0.15, 0.2) is 29.2 Å². The molecule has 1 saturated heterocycles. The van der Waals surface area contributed by atoms with Crippen LogP contribution in [0.1, 0.15) is 33.3 Å². The fourth-order valence-corrected chi connectivity index (χ4v) is 4.13. The fraction of sp³-hybridized carbons (Fsp3) is 0.588. The van der Waals surface area contributed by atoms with E-state index in [1.54, 1.807) is 24.0 Å². The average molecular weight is 353 g/mol. The van der Waals surface area contributed by atoms with E-state index in [-0.39, 0.29) is 11.3 Å². The van der Waals surface area contributed by atoms with Crippen LogP contribution in [0.5, 0.6) is 0 Å². The average Bonchev–Trinajstić information content (AvgIpc) is 2.53. The molecule has 0 aliphatic carbocycles. The van der Waals surface area contributed by atoms with Gasteiger partial charge >= 0.3 is 0 Å². The maximum absolute atomic E-state index is 12.8. The smallest absolute Gasteiger partial charge is 0.243 e. The monoisotopic (exact) mass is 353 g/mol. The molecule has 24 heavy (non-hydrogen) atoms. The summed E-state index contributed by atoms with van der Waals surface area (Å²) in [5.41, 5.74) is 6.68. The van der Waals surface area contributed by atoms with Crippen molar-refractivity contribution in [1.29, 1.82) is 0 Å². The number of nitrogens with two attached hydrogens (primary N) is 1. The molecule has 1 aliphatic heterocycles. The number of amides is 1. The summed E-state index contributed by atoms with van der Waals surface area (Å²) in [6.45, 7) is 9.24. The van der Waals surface area contributed by atoms with Crippen LogP contribution < -0.4 is 5.73 Å². The number of sulfonamides is 1. The maximum Gasteiger partial charge on any atom is 0.243 e. The van der Waals surface area contributed by atoms with Gasteiger partial charge in [0.25, 0.3) is 0 Å². The maximum atomic E-state index is 12.8. The molecule has 1 aliphatic rings. The van der Waals surface area contributed by atoms with E-state index in [4.69, 9.17) is 5.73 Å². The molecule has 1 fully saturated rings. The number of carbonyl (C=O) groups is 1. The minimum atomic E-state index is -3.53. The van der Waals surface area contributed by atoms with Crippen molar-refractivity contribution < 1.29 is 13.2 Å². The van der Waals surface area contributed by atoms with Gasteiger partial charge < -0.3 is 10.6 Å². The van der Waals surface area contributed by atoms with Crippen molar-refractivity contribution in [3.63, 3.8) is 0 Å². The third kappa shape index (κ3) is 3.96. The highest BCUT2D eigenvalue weighted by Crippen LogP contribution is 2.25. The Bertz CT molecular complexity index is 683. The first-order valence-electron chi connectivity index (χ1n) is 8.18. The minimum Gasteiger partial charge on any atom is -0.339 e. The second kappa shape index (κ2) is 6.82. The lowest BCUT2D eigenvalue weighted by atomic mass is 9.87. The molecule has 2 rings (SSSR count). The second-order valence-corrected chi connectivity index (χ2v) is 9.23. The van der Waals surface area contributed by atoms with Crippen LogP contribution in [-0.2, 0) is 20.2 Å². The molecule has 6 nitrogen and oxygen atoms in total. The summed E-state index contributed by atoms with van der Waals surface area (Å²) in [4.78, 5) is 13.8. The van der Waals surface area contributed by atoms with Gasteiger partial charge in [0.1, 0.15) is 0 Å². The Labute approximate surface area is 144 Å². The normalized spacial score (nSPS) is 18.5. The highest BCUT2D eigenvalue weighted by atomic mass is 32.2. The van der Waals surface area contributed by atoms with Gasteiger partial charge in [-0.1, -0.05) is 32.9 Å². The third-order valence-corrected chi connectivity index (χ3v) is 6.21. The highest BCUT2D eigenvalue weighted by Gasteiger charge is 2.31. The van der Waals surface area contributed by atoms with Crippen LogP contribution in [-0.4, -0.2) is 55.8 Å². The second-order valence-electron chi connectivity index (χ2n) is 7.29. The van der Waals surface area contributed by atoms with Gasteiger partial charge in [-0.3, -0.25) is 4.79 Å². The molecule has 1 aromatic carbocycles. The van der Waals surface area contributed by atoms with Crippen LogP contribution in [0, 0.1) is 0 Å². The van der Waals surface area contributed by atoms with Gasteiger partial charge in [-0.25, -0.2) is 8.42 Å². The van der Waals surface area contributed by atoms with Crippen LogP contribution >= 0.6 is 0 Å². The number of nitrogens with zero attached hydrogens (tertiary/aromatic N) is 2. The summed E-state index contributed by atoms with van der Waals surface area (Å²) >= 11 is 0. The van der Waals surface area contributed by atoms with Crippen molar-refractivity contribution in [2.45, 2.75) is 44.0 Å². The van der Waals surface area contributed by atoms with Gasteiger partial charge in [-0.2, -0.15) is 4.31 Å². The van der Waals surface area contributed by atoms with Crippen LogP contribution in [0.4, 0.5) is 0 Å². The lowest BCUT2D eigenvalue weighted by Crippen LogP contribution is -2.53. The molecule has 134 valence electrons. The van der Waals surface area contributed by atoms with Gasteiger partial charge in [0, 0.05) is 26.2 Å². The van der Waals surface area contributed by atoms with Crippen LogP contribution in [0.3, 0.4) is 0 Å². The van der Waals surface area contributed by atoms with Crippen molar-refractivity contribution >= 4 is 15.9 Å². The molecule has 0 spiro atoms. The first-order chi connectivity index (χ1) is 11.0. The summed E-state index contributed by atoms with van der Waals surface area (Å²) in [6, 6.07) is 6.49. The number of piperazine rings is 1. The van der Waals surface area contributed by atoms with Gasteiger partial charge in [-0.05, 0) is 30.0 Å². The molecule has 1 amide bonds. The minimum absolute atomic E-state index is 0.0206. The van der Waals surface area contributed by atoms with E-state index in [0.29, 0.717) is 31.1 Å². The standard InChI is InChI=1S/C17H27N3O3S/c1-13(18)16(21)19-9-11-20(12-10-19)24(22,23)15-7-5-14(6-8-15)17(2,3)4/h5-8,13H,9-12,18H2,1-4H3/t13-/m1/s1. The van der Waals surface area contributed by atoms with E-state index in [9.17, 15) is 13.2 Å². The first-order valence-corrected chi connectivity index (χ1v) is 9.62. The number of hydrogen-bond acceptors (Lipinski definition) is 4. The lowest BCUT2D eigenvalue weighted by molar-refractivity contribution is -0.133. The molecule has 1 aromatic rings. The predicted molar refractivity (Wildman–Crippen MR) is 94.1 cm³/mol. The quantitative estimate of drug-likeness (QED) is 0.884. The first kappa shape index (κ1) is 18.9. The van der Waals surface area contributed by atoms with Crippen molar-refractivity contribution in [2.24, 2.45) is 5.73 Å². The Morgan fingerprint density at radius 3 is 2.00 bits per heavy atom. The Kier molecular flexibility index (Phi) is 5.37. The number of carbonyl (C=O) groups excluding carboxylic acids is 1. The van der Waals surface area contributed by atoms with Crippen molar-refractivity contribution in [1.82, 2.24) is 9.21 Å². The fourth-order valence-electron chi connectivity index (χ4n) is 2.71. The molecular formula is C17H27N3O3S. The van der Waals surface area contributed by atoms with E-state index in [0.717, 1.165) is 5.56 Å². The molecule has 0 aromatic heterocycles. The van der Waals surface area contributed by atoms with Gasteiger partial charge in [0.2, 0.25) is 15.9 Å². The molecule has 1 heterocycles. The molecule has 0 radical (unpaired) electrons. The molecule has 0 bridgehead atoms. The van der Waals surface area contributed by atoms with Gasteiger partial charge in [-0.15, -0.1) is 0 Å². The van der Waals surface area contributed by atoms with Crippen molar-refractivity contribution in [3.8, 4) is 0 Å². The summed E-state index contributed by atoms with van der Waals surface area (Å²) in [5.74, 6) is -0.137. The molecule has 2 N–H and O–H groups in total. The molecule has 0 unspecified atom stereocenters. The van der Waals surface area contributed by atoms with Crippen LogP contribution in [0.25, 0.3) is 0 Å². The Balaban J connectivity index is 2.11. The van der Waals surface area contributed by atoms with E-state index < -0.39 is 16.1 Å². The largest absolute Gasteiger partial charge is 0.339 e. The summed E-state index contributed by atoms with van der Waals surface area (Å²) in [5, 5.41) is 0. The summed E-state index contributed by atoms with van der Waals surface area (Å²) in [6.07, 6.45) is 0. The SMILES string of the molecule is C[C@@H](N)C(=O)N1CCN(S(=O)(=O)c2ccc(C(C)(C)C)cc2)CC1. The van der Waals surface area contributed by atoms with E-state index in [2.05, 4.69) is 20.8 Å². The molecule has 1 atom stereocenters. The van der Waals surface area contributed by atoms with Crippen LogP contribution in [0.2, 0.25) is 0 Å². The molecule has 7 heteroatoms. The van der Waals surface area contributed by atoms with E-state index in [1.807, 2.05) is 12.1 Å². The van der Waals surface area contributed by atoms with Crippen molar-refractivity contribution in [2.75, 3.05) is 26.2 Å². The lowest BCUT2D eigenvalue weighted by Gasteiger charge is -2.34. The van der Waals surface area contributed by atoms with Gasteiger partial charge in [0.05, 0.1) is 10.9 Å². The number of rotatable bonds is 3. The summed E-state index contributed by atoms with van der Waals surface area (Å²) in [7, 11) is -3.53. The summed E-state index contributed by atoms with van der Waals surface area (Å²) < 4.78 is 26.9. The number of hydrogen-bond donors (Lipinski definition) is 1. The Morgan fingerprint density at radius 2 is 1.58 bits per heavy atom. The molecular weight excluding hydrogens is 326 g/mol. The zero-order valence-electron chi connectivity index (χ0n) is 14.8.